The highest BCUT2D eigenvalue weighted by atomic mass is 32.1. The minimum atomic E-state index is -0.0160. The first-order valence-corrected chi connectivity index (χ1v) is 7.17. The van der Waals surface area contributed by atoms with Gasteiger partial charge in [-0.05, 0) is 36.9 Å². The molecule has 19 heavy (non-hydrogen) atoms. The van der Waals surface area contributed by atoms with Crippen LogP contribution < -0.4 is 10.6 Å². The van der Waals surface area contributed by atoms with Crippen molar-refractivity contribution in [1.82, 2.24) is 5.32 Å². The van der Waals surface area contributed by atoms with Crippen LogP contribution in [-0.2, 0) is 4.79 Å². The van der Waals surface area contributed by atoms with Crippen molar-refractivity contribution in [2.45, 2.75) is 19.9 Å². The number of benzene rings is 1. The van der Waals surface area contributed by atoms with Gasteiger partial charge in [-0.2, -0.15) is 0 Å². The minimum Gasteiger partial charge on any atom is -0.325 e. The number of rotatable bonds is 5. The molecule has 3 nitrogen and oxygen atoms in total. The van der Waals surface area contributed by atoms with Gasteiger partial charge in [0, 0.05) is 16.6 Å². The lowest BCUT2D eigenvalue weighted by Gasteiger charge is -2.13. The third-order valence-electron chi connectivity index (χ3n) is 2.96. The third-order valence-corrected chi connectivity index (χ3v) is 4.01. The van der Waals surface area contributed by atoms with E-state index >= 15 is 0 Å². The van der Waals surface area contributed by atoms with Crippen molar-refractivity contribution >= 4 is 22.9 Å². The highest BCUT2D eigenvalue weighted by Gasteiger charge is 2.09. The molecule has 0 aliphatic carbocycles. The fraction of sp³-hybridized carbons (Fsp3) is 0.267. The molecular weight excluding hydrogens is 256 g/mol. The lowest BCUT2D eigenvalue weighted by Crippen LogP contribution is -2.29. The van der Waals surface area contributed by atoms with Crippen molar-refractivity contribution in [1.29, 1.82) is 0 Å². The number of hydrogen-bond acceptors (Lipinski definition) is 3. The molecule has 2 aromatic rings. The Kier molecular flexibility index (Phi) is 4.71. The molecule has 0 spiro atoms. The zero-order valence-corrected chi connectivity index (χ0v) is 12.0. The van der Waals surface area contributed by atoms with Crippen LogP contribution in [0.2, 0.25) is 0 Å². The second kappa shape index (κ2) is 6.50. The van der Waals surface area contributed by atoms with Gasteiger partial charge < -0.3 is 10.6 Å². The zero-order chi connectivity index (χ0) is 13.7. The summed E-state index contributed by atoms with van der Waals surface area (Å²) in [6, 6.07) is 12.1. The summed E-state index contributed by atoms with van der Waals surface area (Å²) in [6.45, 7) is 4.36. The van der Waals surface area contributed by atoms with E-state index in [1.165, 1.54) is 4.88 Å². The van der Waals surface area contributed by atoms with Crippen molar-refractivity contribution < 1.29 is 4.79 Å². The number of thiophene rings is 1. The Labute approximate surface area is 117 Å². The molecular formula is C15H18N2OS. The highest BCUT2D eigenvalue weighted by molar-refractivity contribution is 7.10. The molecule has 1 atom stereocenters. The maximum Gasteiger partial charge on any atom is 0.238 e. The molecule has 0 fully saturated rings. The number of para-hydroxylation sites is 1. The Morgan fingerprint density at radius 3 is 2.74 bits per heavy atom. The standard InChI is InChI=1S/C15H18N2OS/c1-11-6-3-4-7-13(11)17-15(18)10-16-12(2)14-8-5-9-19-14/h3-9,12,16H,10H2,1-2H3,(H,17,18). The molecule has 0 aliphatic heterocycles. The number of amides is 1. The van der Waals surface area contributed by atoms with Crippen LogP contribution >= 0.6 is 11.3 Å². The van der Waals surface area contributed by atoms with Gasteiger partial charge in [-0.25, -0.2) is 0 Å². The van der Waals surface area contributed by atoms with E-state index in [4.69, 9.17) is 0 Å². The maximum absolute atomic E-state index is 11.9. The van der Waals surface area contributed by atoms with E-state index in [0.29, 0.717) is 6.54 Å². The van der Waals surface area contributed by atoms with Gasteiger partial charge in [0.1, 0.15) is 0 Å². The van der Waals surface area contributed by atoms with Crippen molar-refractivity contribution in [3.8, 4) is 0 Å². The first kappa shape index (κ1) is 13.8. The average Bonchev–Trinajstić information content (AvgIpc) is 2.93. The van der Waals surface area contributed by atoms with E-state index in [0.717, 1.165) is 11.3 Å². The molecule has 1 aromatic carbocycles. The summed E-state index contributed by atoms with van der Waals surface area (Å²) in [5.74, 6) is -0.0160. The molecule has 0 bridgehead atoms. The van der Waals surface area contributed by atoms with Gasteiger partial charge in [-0.1, -0.05) is 24.3 Å². The molecule has 1 aromatic heterocycles. The lowest BCUT2D eigenvalue weighted by molar-refractivity contribution is -0.115. The fourth-order valence-electron chi connectivity index (χ4n) is 1.79. The van der Waals surface area contributed by atoms with Gasteiger partial charge in [-0.15, -0.1) is 11.3 Å². The summed E-state index contributed by atoms with van der Waals surface area (Å²) in [6.07, 6.45) is 0. The molecule has 2 rings (SSSR count). The van der Waals surface area contributed by atoms with Gasteiger partial charge in [0.15, 0.2) is 0 Å². The Morgan fingerprint density at radius 1 is 1.26 bits per heavy atom. The molecule has 1 unspecified atom stereocenters. The van der Waals surface area contributed by atoms with Crippen LogP contribution in [0.25, 0.3) is 0 Å². The van der Waals surface area contributed by atoms with Gasteiger partial charge in [0.25, 0.3) is 0 Å². The van der Waals surface area contributed by atoms with Crippen molar-refractivity contribution in [3.05, 3.63) is 52.2 Å². The fourth-order valence-corrected chi connectivity index (χ4v) is 2.55. The van der Waals surface area contributed by atoms with E-state index in [1.807, 2.05) is 42.6 Å². The predicted molar refractivity (Wildman–Crippen MR) is 80.5 cm³/mol. The van der Waals surface area contributed by atoms with Crippen LogP contribution in [0, 0.1) is 6.92 Å². The first-order chi connectivity index (χ1) is 9.16. The van der Waals surface area contributed by atoms with E-state index in [1.54, 1.807) is 11.3 Å². The summed E-state index contributed by atoms with van der Waals surface area (Å²) >= 11 is 1.69. The van der Waals surface area contributed by atoms with E-state index in [9.17, 15) is 4.79 Å². The molecule has 0 radical (unpaired) electrons. The van der Waals surface area contributed by atoms with Gasteiger partial charge in [0.2, 0.25) is 5.91 Å². The van der Waals surface area contributed by atoms with E-state index < -0.39 is 0 Å². The van der Waals surface area contributed by atoms with Gasteiger partial charge in [-0.3, -0.25) is 4.79 Å². The summed E-state index contributed by atoms with van der Waals surface area (Å²) < 4.78 is 0. The smallest absolute Gasteiger partial charge is 0.238 e. The molecule has 2 N–H and O–H groups in total. The van der Waals surface area contributed by atoms with Crippen molar-refractivity contribution in [3.63, 3.8) is 0 Å². The summed E-state index contributed by atoms with van der Waals surface area (Å²) in [5.41, 5.74) is 1.94. The number of nitrogens with one attached hydrogen (secondary N) is 2. The zero-order valence-electron chi connectivity index (χ0n) is 11.1. The van der Waals surface area contributed by atoms with Gasteiger partial charge >= 0.3 is 0 Å². The molecule has 100 valence electrons. The Balaban J connectivity index is 1.84. The van der Waals surface area contributed by atoms with Crippen LogP contribution in [0.5, 0.6) is 0 Å². The van der Waals surface area contributed by atoms with Crippen LogP contribution in [0.15, 0.2) is 41.8 Å². The molecule has 1 amide bonds. The summed E-state index contributed by atoms with van der Waals surface area (Å²) in [4.78, 5) is 13.1. The number of hydrogen-bond donors (Lipinski definition) is 2. The molecule has 0 saturated carbocycles. The Hall–Kier alpha value is -1.65. The monoisotopic (exact) mass is 274 g/mol. The SMILES string of the molecule is Cc1ccccc1NC(=O)CNC(C)c1cccs1. The lowest BCUT2D eigenvalue weighted by atomic mass is 10.2. The van der Waals surface area contributed by atoms with Crippen LogP contribution in [0.3, 0.4) is 0 Å². The minimum absolute atomic E-state index is 0.0160. The quantitative estimate of drug-likeness (QED) is 0.878. The molecule has 4 heteroatoms. The largest absolute Gasteiger partial charge is 0.325 e. The van der Waals surface area contributed by atoms with Crippen LogP contribution in [-0.4, -0.2) is 12.5 Å². The number of carbonyl (C=O) groups is 1. The van der Waals surface area contributed by atoms with Crippen molar-refractivity contribution in [2.24, 2.45) is 0 Å². The predicted octanol–water partition coefficient (Wildman–Crippen LogP) is 3.35. The first-order valence-electron chi connectivity index (χ1n) is 6.29. The van der Waals surface area contributed by atoms with Crippen LogP contribution in [0.1, 0.15) is 23.4 Å². The third kappa shape index (κ3) is 3.91. The number of anilines is 1. The molecule has 0 saturated heterocycles. The van der Waals surface area contributed by atoms with Crippen molar-refractivity contribution in [2.75, 3.05) is 11.9 Å². The number of carbonyl (C=O) groups excluding carboxylic acids is 1. The maximum atomic E-state index is 11.9. The second-order valence-electron chi connectivity index (χ2n) is 4.48. The average molecular weight is 274 g/mol. The normalized spacial score (nSPS) is 12.1. The Morgan fingerprint density at radius 2 is 2.05 bits per heavy atom. The summed E-state index contributed by atoms with van der Waals surface area (Å²) in [5, 5.41) is 8.18. The highest BCUT2D eigenvalue weighted by Crippen LogP contribution is 2.18. The summed E-state index contributed by atoms with van der Waals surface area (Å²) in [7, 11) is 0. The Bertz CT molecular complexity index is 537. The number of aryl methyl sites for hydroxylation is 1. The van der Waals surface area contributed by atoms with Gasteiger partial charge in [0.05, 0.1) is 6.54 Å². The topological polar surface area (TPSA) is 41.1 Å². The van der Waals surface area contributed by atoms with Crippen LogP contribution in [0.4, 0.5) is 5.69 Å². The molecule has 1 heterocycles. The molecule has 0 aliphatic rings. The van der Waals surface area contributed by atoms with E-state index in [-0.39, 0.29) is 11.9 Å². The van der Waals surface area contributed by atoms with E-state index in [2.05, 4.69) is 23.6 Å². The second-order valence-corrected chi connectivity index (χ2v) is 5.46.